The third-order valence-electron chi connectivity index (χ3n) is 5.58. The molecule has 7 nitrogen and oxygen atoms in total. The van der Waals surface area contributed by atoms with E-state index in [-0.39, 0.29) is 21.7 Å². The predicted molar refractivity (Wildman–Crippen MR) is 120 cm³/mol. The maximum atomic E-state index is 13.1. The van der Waals surface area contributed by atoms with Gasteiger partial charge in [0, 0.05) is 31.1 Å². The van der Waals surface area contributed by atoms with E-state index in [0.29, 0.717) is 19.6 Å². The third kappa shape index (κ3) is 4.77. The van der Waals surface area contributed by atoms with E-state index < -0.39 is 10.0 Å². The normalized spacial score (nSPS) is 20.1. The number of likely N-dealkylation sites (tertiary alicyclic amines) is 1. The zero-order valence-electron chi connectivity index (χ0n) is 16.8. The number of carbonyl (C=O) groups excluding carboxylic acids is 1. The highest BCUT2D eigenvalue weighted by Crippen LogP contribution is 2.28. The predicted octanol–water partition coefficient (Wildman–Crippen LogP) is 3.04. The summed E-state index contributed by atoms with van der Waals surface area (Å²) in [4.78, 5) is 15.7. The van der Waals surface area contributed by atoms with Gasteiger partial charge in [-0.05, 0) is 49.5 Å². The summed E-state index contributed by atoms with van der Waals surface area (Å²) in [5.74, 6) is 2.04. The maximum Gasteiger partial charge on any atom is 0.262 e. The molecule has 2 saturated heterocycles. The van der Waals surface area contributed by atoms with Crippen molar-refractivity contribution in [2.75, 3.05) is 44.2 Å². The minimum atomic E-state index is -3.66. The van der Waals surface area contributed by atoms with Crippen molar-refractivity contribution in [2.45, 2.75) is 30.2 Å². The van der Waals surface area contributed by atoms with Gasteiger partial charge in [-0.2, -0.15) is 16.1 Å². The fourth-order valence-corrected chi connectivity index (χ4v) is 7.88. The lowest BCUT2D eigenvalue weighted by Gasteiger charge is -2.33. The molecule has 2 aromatic rings. The van der Waals surface area contributed by atoms with Crippen LogP contribution in [0.2, 0.25) is 0 Å². The van der Waals surface area contributed by atoms with Crippen LogP contribution in [0.25, 0.3) is 0 Å². The lowest BCUT2D eigenvalue weighted by molar-refractivity contribution is 0.0915. The molecule has 4 heterocycles. The van der Waals surface area contributed by atoms with Crippen molar-refractivity contribution < 1.29 is 17.6 Å². The summed E-state index contributed by atoms with van der Waals surface area (Å²) in [5, 5.41) is 4.64. The second kappa shape index (κ2) is 9.86. The lowest BCUT2D eigenvalue weighted by Crippen LogP contribution is -2.41. The van der Waals surface area contributed by atoms with Crippen LogP contribution in [0.3, 0.4) is 0 Å². The monoisotopic (exact) mass is 469 g/mol. The van der Waals surface area contributed by atoms with Crippen molar-refractivity contribution in [1.82, 2.24) is 14.5 Å². The number of thiophene rings is 1. The van der Waals surface area contributed by atoms with Crippen molar-refractivity contribution in [3.63, 3.8) is 0 Å². The molecular formula is C20H27N3O4S3. The van der Waals surface area contributed by atoms with Crippen LogP contribution in [0, 0.1) is 0 Å². The van der Waals surface area contributed by atoms with E-state index in [9.17, 15) is 13.2 Å². The number of nitrogens with one attached hydrogen (secondary N) is 1. The number of rotatable bonds is 7. The molecule has 0 radical (unpaired) electrons. The van der Waals surface area contributed by atoms with Gasteiger partial charge in [0.1, 0.15) is 15.5 Å². The van der Waals surface area contributed by atoms with Gasteiger partial charge in [0.15, 0.2) is 0 Å². The van der Waals surface area contributed by atoms with Crippen LogP contribution < -0.4 is 5.32 Å². The molecule has 2 aromatic heterocycles. The smallest absolute Gasteiger partial charge is 0.262 e. The summed E-state index contributed by atoms with van der Waals surface area (Å²) >= 11 is 2.92. The molecule has 0 aromatic carbocycles. The Morgan fingerprint density at radius 1 is 1.13 bits per heavy atom. The number of carbonyl (C=O) groups is 1. The zero-order valence-corrected chi connectivity index (χ0v) is 19.2. The van der Waals surface area contributed by atoms with Crippen LogP contribution in [-0.4, -0.2) is 67.8 Å². The van der Waals surface area contributed by atoms with E-state index in [2.05, 4.69) is 10.2 Å². The highest BCUT2D eigenvalue weighted by molar-refractivity contribution is 7.99. The van der Waals surface area contributed by atoms with Crippen molar-refractivity contribution in [2.24, 2.45) is 0 Å². The molecule has 0 bridgehead atoms. The average Bonchev–Trinajstić information content (AvgIpc) is 3.48. The molecule has 0 aliphatic carbocycles. The van der Waals surface area contributed by atoms with E-state index in [1.165, 1.54) is 22.1 Å². The second-order valence-corrected chi connectivity index (χ2v) is 11.5. The molecule has 1 amide bonds. The van der Waals surface area contributed by atoms with Crippen LogP contribution in [0.4, 0.5) is 0 Å². The number of amides is 1. The Balaban J connectivity index is 1.48. The largest absolute Gasteiger partial charge is 0.468 e. The first-order valence-corrected chi connectivity index (χ1v) is 13.8. The van der Waals surface area contributed by atoms with Crippen molar-refractivity contribution in [3.8, 4) is 0 Å². The number of piperidine rings is 1. The fraction of sp³-hybridized carbons (Fsp3) is 0.550. The molecule has 1 unspecified atom stereocenters. The minimum Gasteiger partial charge on any atom is -0.468 e. The van der Waals surface area contributed by atoms with Crippen LogP contribution in [0.15, 0.2) is 39.2 Å². The molecule has 30 heavy (non-hydrogen) atoms. The summed E-state index contributed by atoms with van der Waals surface area (Å²) in [6, 6.07) is 5.28. The fourth-order valence-electron chi connectivity index (χ4n) is 3.98. The zero-order chi connectivity index (χ0) is 21.0. The molecule has 164 valence electrons. The standard InChI is InChI=1S/C20H27N3O4S3/c24-20(19-18(6-12-29-19)30(25,26)23-9-13-28-14-10-23)21-15-16(17-5-4-11-27-17)22-7-2-1-3-8-22/h4-6,11-12,16H,1-3,7-10,13-15H2,(H,21,24). The Kier molecular flexibility index (Phi) is 7.20. The first-order valence-electron chi connectivity index (χ1n) is 10.3. The summed E-state index contributed by atoms with van der Waals surface area (Å²) in [7, 11) is -3.66. The first-order chi connectivity index (χ1) is 14.6. The Labute approximate surface area is 185 Å². The lowest BCUT2D eigenvalue weighted by atomic mass is 10.1. The molecule has 1 atom stereocenters. The summed E-state index contributed by atoms with van der Waals surface area (Å²) < 4.78 is 33.3. The van der Waals surface area contributed by atoms with Gasteiger partial charge in [0.25, 0.3) is 5.91 Å². The summed E-state index contributed by atoms with van der Waals surface area (Å²) in [5.41, 5.74) is 0. The molecule has 2 fully saturated rings. The van der Waals surface area contributed by atoms with Gasteiger partial charge in [-0.3, -0.25) is 9.69 Å². The highest BCUT2D eigenvalue weighted by Gasteiger charge is 2.32. The number of sulfonamides is 1. The van der Waals surface area contributed by atoms with Gasteiger partial charge >= 0.3 is 0 Å². The molecule has 2 aliphatic rings. The number of hydrogen-bond donors (Lipinski definition) is 1. The molecule has 2 aliphatic heterocycles. The number of furan rings is 1. The van der Waals surface area contributed by atoms with E-state index in [0.717, 1.165) is 43.2 Å². The molecule has 0 saturated carbocycles. The molecule has 1 N–H and O–H groups in total. The topological polar surface area (TPSA) is 82.9 Å². The quantitative estimate of drug-likeness (QED) is 0.671. The Hall–Kier alpha value is -1.33. The van der Waals surface area contributed by atoms with E-state index >= 15 is 0 Å². The Bertz CT molecular complexity index is 930. The van der Waals surface area contributed by atoms with E-state index in [4.69, 9.17) is 4.42 Å². The number of nitrogens with zero attached hydrogens (tertiary/aromatic N) is 2. The Morgan fingerprint density at radius 2 is 1.90 bits per heavy atom. The molecule has 10 heteroatoms. The third-order valence-corrected chi connectivity index (χ3v) is 9.51. The average molecular weight is 470 g/mol. The van der Waals surface area contributed by atoms with Crippen LogP contribution in [-0.2, 0) is 10.0 Å². The van der Waals surface area contributed by atoms with Crippen molar-refractivity contribution >= 4 is 39.0 Å². The second-order valence-electron chi connectivity index (χ2n) is 7.47. The van der Waals surface area contributed by atoms with Gasteiger partial charge in [-0.1, -0.05) is 6.42 Å². The SMILES string of the molecule is O=C(NCC(c1ccco1)N1CCCCC1)c1sccc1S(=O)(=O)N1CCSCC1. The van der Waals surface area contributed by atoms with Crippen molar-refractivity contribution in [1.29, 1.82) is 0 Å². The van der Waals surface area contributed by atoms with E-state index in [1.807, 2.05) is 12.1 Å². The summed E-state index contributed by atoms with van der Waals surface area (Å²) in [6.07, 6.45) is 5.13. The molecule has 0 spiro atoms. The van der Waals surface area contributed by atoms with Gasteiger partial charge in [0.2, 0.25) is 10.0 Å². The highest BCUT2D eigenvalue weighted by atomic mass is 32.2. The van der Waals surface area contributed by atoms with Gasteiger partial charge < -0.3 is 9.73 Å². The number of thioether (sulfide) groups is 1. The first kappa shape index (κ1) is 21.9. The Morgan fingerprint density at radius 3 is 2.60 bits per heavy atom. The van der Waals surface area contributed by atoms with Crippen LogP contribution >= 0.6 is 23.1 Å². The van der Waals surface area contributed by atoms with E-state index in [1.54, 1.807) is 29.5 Å². The van der Waals surface area contributed by atoms with Gasteiger partial charge in [0.05, 0.1) is 12.3 Å². The van der Waals surface area contributed by atoms with Crippen LogP contribution in [0.1, 0.15) is 40.7 Å². The van der Waals surface area contributed by atoms with Gasteiger partial charge in [-0.15, -0.1) is 11.3 Å². The number of hydrogen-bond acceptors (Lipinski definition) is 7. The minimum absolute atomic E-state index is 0.0524. The molecular weight excluding hydrogens is 442 g/mol. The maximum absolute atomic E-state index is 13.1. The van der Waals surface area contributed by atoms with Gasteiger partial charge in [-0.25, -0.2) is 8.42 Å². The molecule has 4 rings (SSSR count). The van der Waals surface area contributed by atoms with Crippen LogP contribution in [0.5, 0.6) is 0 Å². The van der Waals surface area contributed by atoms with Crippen molar-refractivity contribution in [3.05, 3.63) is 40.5 Å². The summed E-state index contributed by atoms with van der Waals surface area (Å²) in [6.45, 7) is 3.28.